The molecule has 2 aromatic carbocycles. The van der Waals surface area contributed by atoms with Gasteiger partial charge in [0.15, 0.2) is 0 Å². The van der Waals surface area contributed by atoms with Crippen LogP contribution in [0.3, 0.4) is 0 Å². The molecular weight excluding hydrogens is 314 g/mol. The van der Waals surface area contributed by atoms with Crippen molar-refractivity contribution in [2.24, 2.45) is 0 Å². The molecular formula is C17H18BrNO. The van der Waals surface area contributed by atoms with Crippen molar-refractivity contribution in [1.29, 1.82) is 0 Å². The number of hydrogen-bond acceptors (Lipinski definition) is 1. The molecule has 0 bridgehead atoms. The summed E-state index contributed by atoms with van der Waals surface area (Å²) in [7, 11) is 0. The molecule has 3 heteroatoms. The van der Waals surface area contributed by atoms with Crippen molar-refractivity contribution in [2.45, 2.75) is 19.3 Å². The van der Waals surface area contributed by atoms with Gasteiger partial charge in [0.05, 0.1) is 0 Å². The van der Waals surface area contributed by atoms with E-state index < -0.39 is 0 Å². The van der Waals surface area contributed by atoms with Gasteiger partial charge in [-0.15, -0.1) is 0 Å². The lowest BCUT2D eigenvalue weighted by Gasteiger charge is -2.06. The summed E-state index contributed by atoms with van der Waals surface area (Å²) in [5.74, 6) is 0.108. The minimum atomic E-state index is 0.108. The van der Waals surface area contributed by atoms with Crippen molar-refractivity contribution in [3.8, 4) is 0 Å². The van der Waals surface area contributed by atoms with Crippen LogP contribution in [0.1, 0.15) is 17.5 Å². The Balaban J connectivity index is 1.70. The molecule has 0 saturated carbocycles. The molecule has 0 aliphatic carbocycles. The van der Waals surface area contributed by atoms with E-state index in [0.29, 0.717) is 13.0 Å². The molecule has 0 fully saturated rings. The third-order valence-electron chi connectivity index (χ3n) is 3.16. The van der Waals surface area contributed by atoms with Crippen molar-refractivity contribution in [2.75, 3.05) is 6.54 Å². The van der Waals surface area contributed by atoms with Crippen LogP contribution in [0.2, 0.25) is 0 Å². The summed E-state index contributed by atoms with van der Waals surface area (Å²) in [6.45, 7) is 0.693. The zero-order valence-electron chi connectivity index (χ0n) is 11.3. The third-order valence-corrected chi connectivity index (χ3v) is 3.93. The molecule has 0 radical (unpaired) electrons. The molecule has 1 amide bonds. The van der Waals surface area contributed by atoms with Gasteiger partial charge in [-0.2, -0.15) is 0 Å². The van der Waals surface area contributed by atoms with Gasteiger partial charge in [0, 0.05) is 17.4 Å². The molecule has 2 rings (SSSR count). The standard InChI is InChI=1S/C17H18BrNO/c18-16-9-5-4-8-15(16)10-11-17(20)19-13-12-14-6-2-1-3-7-14/h1-9H,10-13H2,(H,19,20). The normalized spacial score (nSPS) is 10.2. The van der Waals surface area contributed by atoms with E-state index in [9.17, 15) is 4.79 Å². The van der Waals surface area contributed by atoms with Crippen LogP contribution >= 0.6 is 15.9 Å². The lowest BCUT2D eigenvalue weighted by molar-refractivity contribution is -0.121. The maximum atomic E-state index is 11.8. The lowest BCUT2D eigenvalue weighted by Crippen LogP contribution is -2.25. The van der Waals surface area contributed by atoms with E-state index in [4.69, 9.17) is 0 Å². The molecule has 0 aliphatic heterocycles. The number of carbonyl (C=O) groups is 1. The van der Waals surface area contributed by atoms with E-state index in [2.05, 4.69) is 33.4 Å². The monoisotopic (exact) mass is 331 g/mol. The molecule has 0 unspecified atom stereocenters. The number of aryl methyl sites for hydroxylation is 1. The van der Waals surface area contributed by atoms with Crippen LogP contribution in [0.5, 0.6) is 0 Å². The fraction of sp³-hybridized carbons (Fsp3) is 0.235. The van der Waals surface area contributed by atoms with Crippen LogP contribution in [0.4, 0.5) is 0 Å². The number of benzene rings is 2. The number of carbonyl (C=O) groups excluding carboxylic acids is 1. The summed E-state index contributed by atoms with van der Waals surface area (Å²) >= 11 is 3.50. The Morgan fingerprint density at radius 1 is 0.950 bits per heavy atom. The number of halogens is 1. The van der Waals surface area contributed by atoms with Gasteiger partial charge in [0.2, 0.25) is 5.91 Å². The fourth-order valence-corrected chi connectivity index (χ4v) is 2.51. The Kier molecular flexibility index (Phi) is 5.81. The maximum absolute atomic E-state index is 11.8. The van der Waals surface area contributed by atoms with Gasteiger partial charge in [0.1, 0.15) is 0 Å². The first-order valence-electron chi connectivity index (χ1n) is 6.80. The van der Waals surface area contributed by atoms with Crippen LogP contribution in [0.25, 0.3) is 0 Å². The van der Waals surface area contributed by atoms with E-state index in [0.717, 1.165) is 17.3 Å². The highest BCUT2D eigenvalue weighted by Crippen LogP contribution is 2.17. The first-order chi connectivity index (χ1) is 9.75. The molecule has 0 atom stereocenters. The Bertz CT molecular complexity index is 554. The quantitative estimate of drug-likeness (QED) is 0.858. The van der Waals surface area contributed by atoms with Crippen molar-refractivity contribution >= 4 is 21.8 Å². The molecule has 0 saturated heterocycles. The highest BCUT2D eigenvalue weighted by molar-refractivity contribution is 9.10. The molecule has 0 heterocycles. The number of hydrogen-bond donors (Lipinski definition) is 1. The van der Waals surface area contributed by atoms with Gasteiger partial charge >= 0.3 is 0 Å². The summed E-state index contributed by atoms with van der Waals surface area (Å²) in [6, 6.07) is 18.2. The minimum absolute atomic E-state index is 0.108. The first kappa shape index (κ1) is 14.8. The van der Waals surface area contributed by atoms with Gasteiger partial charge in [-0.3, -0.25) is 4.79 Å². The van der Waals surface area contributed by atoms with E-state index in [1.165, 1.54) is 11.1 Å². The zero-order valence-corrected chi connectivity index (χ0v) is 12.9. The fourth-order valence-electron chi connectivity index (χ4n) is 2.03. The van der Waals surface area contributed by atoms with Crippen molar-refractivity contribution in [1.82, 2.24) is 5.32 Å². The summed E-state index contributed by atoms with van der Waals surface area (Å²) < 4.78 is 1.07. The molecule has 1 N–H and O–H groups in total. The van der Waals surface area contributed by atoms with Gasteiger partial charge in [0.25, 0.3) is 0 Å². The maximum Gasteiger partial charge on any atom is 0.220 e. The van der Waals surface area contributed by atoms with Crippen LogP contribution in [-0.2, 0) is 17.6 Å². The number of rotatable bonds is 6. The van der Waals surface area contributed by atoms with E-state index >= 15 is 0 Å². The molecule has 2 nitrogen and oxygen atoms in total. The SMILES string of the molecule is O=C(CCc1ccccc1Br)NCCc1ccccc1. The van der Waals surface area contributed by atoms with Crippen molar-refractivity contribution < 1.29 is 4.79 Å². The molecule has 104 valence electrons. The lowest BCUT2D eigenvalue weighted by atomic mass is 10.1. The predicted molar refractivity (Wildman–Crippen MR) is 85.6 cm³/mol. The summed E-state index contributed by atoms with van der Waals surface area (Å²) in [4.78, 5) is 11.8. The predicted octanol–water partition coefficient (Wildman–Crippen LogP) is 3.74. The summed E-state index contributed by atoms with van der Waals surface area (Å²) in [5.41, 5.74) is 2.42. The first-order valence-corrected chi connectivity index (χ1v) is 7.59. The number of amides is 1. The van der Waals surface area contributed by atoms with Crippen LogP contribution in [-0.4, -0.2) is 12.5 Å². The Hall–Kier alpha value is -1.61. The highest BCUT2D eigenvalue weighted by atomic mass is 79.9. The summed E-state index contributed by atoms with van der Waals surface area (Å²) in [5, 5.41) is 2.97. The highest BCUT2D eigenvalue weighted by Gasteiger charge is 2.04. The Morgan fingerprint density at radius 3 is 2.40 bits per heavy atom. The molecule has 0 aromatic heterocycles. The zero-order chi connectivity index (χ0) is 14.2. The minimum Gasteiger partial charge on any atom is -0.356 e. The largest absolute Gasteiger partial charge is 0.356 e. The average molecular weight is 332 g/mol. The van der Waals surface area contributed by atoms with Crippen LogP contribution in [0, 0.1) is 0 Å². The second-order valence-electron chi connectivity index (χ2n) is 4.68. The van der Waals surface area contributed by atoms with Crippen LogP contribution in [0.15, 0.2) is 59.1 Å². The van der Waals surface area contributed by atoms with Crippen molar-refractivity contribution in [3.63, 3.8) is 0 Å². The van der Waals surface area contributed by atoms with Gasteiger partial charge < -0.3 is 5.32 Å². The second kappa shape index (κ2) is 7.85. The third kappa shape index (κ3) is 4.82. The van der Waals surface area contributed by atoms with E-state index in [-0.39, 0.29) is 5.91 Å². The number of nitrogens with one attached hydrogen (secondary N) is 1. The molecule has 20 heavy (non-hydrogen) atoms. The topological polar surface area (TPSA) is 29.1 Å². The molecule has 2 aromatic rings. The summed E-state index contributed by atoms with van der Waals surface area (Å²) in [6.07, 6.45) is 2.16. The Labute approximate surface area is 128 Å². The Morgan fingerprint density at radius 2 is 1.65 bits per heavy atom. The van der Waals surface area contributed by atoms with Crippen LogP contribution < -0.4 is 5.32 Å². The van der Waals surface area contributed by atoms with Gasteiger partial charge in [-0.05, 0) is 30.0 Å². The smallest absolute Gasteiger partial charge is 0.220 e. The van der Waals surface area contributed by atoms with E-state index in [1.807, 2.05) is 42.5 Å². The average Bonchev–Trinajstić information content (AvgIpc) is 2.47. The second-order valence-corrected chi connectivity index (χ2v) is 5.53. The van der Waals surface area contributed by atoms with E-state index in [1.54, 1.807) is 0 Å². The van der Waals surface area contributed by atoms with Gasteiger partial charge in [-0.25, -0.2) is 0 Å². The van der Waals surface area contributed by atoms with Crippen molar-refractivity contribution in [3.05, 3.63) is 70.2 Å². The molecule has 0 spiro atoms. The molecule has 0 aliphatic rings. The van der Waals surface area contributed by atoms with Gasteiger partial charge in [-0.1, -0.05) is 64.5 Å².